The quantitative estimate of drug-likeness (QED) is 0.157. The van der Waals surface area contributed by atoms with Crippen LogP contribution in [0, 0.1) is 0 Å². The van der Waals surface area contributed by atoms with Crippen LogP contribution in [-0.4, -0.2) is 79.7 Å². The maximum atomic E-state index is 16.2. The van der Waals surface area contributed by atoms with Crippen molar-refractivity contribution in [1.82, 2.24) is 24.6 Å². The number of nitrogens with zero attached hydrogens (tertiary/aromatic N) is 4. The summed E-state index contributed by atoms with van der Waals surface area (Å²) < 4.78 is 81.3. The van der Waals surface area contributed by atoms with Gasteiger partial charge in [0.05, 0.1) is 19.0 Å². The molecule has 240 valence electrons. The molecule has 44 heavy (non-hydrogen) atoms. The lowest BCUT2D eigenvalue weighted by atomic mass is 9.96. The fourth-order valence-corrected chi connectivity index (χ4v) is 6.06. The number of carbonyl (C=O) groups excluding carboxylic acids is 1. The molecule has 2 fully saturated rings. The lowest BCUT2D eigenvalue weighted by Gasteiger charge is -2.28. The van der Waals surface area contributed by atoms with E-state index < -0.39 is 63.0 Å². The molecule has 14 nitrogen and oxygen atoms in total. The smallest absolute Gasteiger partial charge is 0.459 e. The van der Waals surface area contributed by atoms with Gasteiger partial charge in [-0.2, -0.15) is 15.1 Å². The van der Waals surface area contributed by atoms with Crippen LogP contribution in [-0.2, 0) is 23.4 Å². The third-order valence-electron chi connectivity index (χ3n) is 6.87. The minimum atomic E-state index is -4.50. The molecule has 5 N–H and O–H groups in total. The molecule has 0 unspecified atom stereocenters. The molecule has 6 atom stereocenters. The predicted molar refractivity (Wildman–Crippen MR) is 151 cm³/mol. The second-order valence-electron chi connectivity index (χ2n) is 10.8. The van der Waals surface area contributed by atoms with Crippen molar-refractivity contribution in [2.75, 3.05) is 17.7 Å². The summed E-state index contributed by atoms with van der Waals surface area (Å²) in [7, 11) is -4.50. The summed E-state index contributed by atoms with van der Waals surface area (Å²) in [4.78, 5) is 24.7. The number of esters is 1. The summed E-state index contributed by atoms with van der Waals surface area (Å²) in [6.45, 7) is 3.70. The lowest BCUT2D eigenvalue weighted by Crippen LogP contribution is -2.49. The molecule has 2 aromatic heterocycles. The Hall–Kier alpha value is -3.50. The number of imidazole rings is 1. The largest absolute Gasteiger partial charge is 0.462 e. The number of anilines is 2. The van der Waals surface area contributed by atoms with Gasteiger partial charge >= 0.3 is 13.7 Å². The minimum absolute atomic E-state index is 0.0729. The van der Waals surface area contributed by atoms with Gasteiger partial charge in [0.1, 0.15) is 24.0 Å². The average molecular weight is 644 g/mol. The molecule has 0 amide bonds. The van der Waals surface area contributed by atoms with Gasteiger partial charge in [-0.25, -0.2) is 22.7 Å². The Morgan fingerprint density at radius 1 is 1.25 bits per heavy atom. The Labute approximate surface area is 250 Å². The number of aromatic nitrogens is 4. The molecule has 0 bridgehead atoms. The predicted octanol–water partition coefficient (Wildman–Crippen LogP) is 3.35. The zero-order valence-corrected chi connectivity index (χ0v) is 24.9. The fourth-order valence-electron chi connectivity index (χ4n) is 4.55. The van der Waals surface area contributed by atoms with Gasteiger partial charge in [0.2, 0.25) is 11.6 Å². The highest BCUT2D eigenvalue weighted by atomic mass is 31.2. The number of hydrogen-bond donors (Lipinski definition) is 4. The second kappa shape index (κ2) is 12.5. The van der Waals surface area contributed by atoms with Gasteiger partial charge in [-0.1, -0.05) is 18.2 Å². The number of carbonyl (C=O) groups is 1. The Morgan fingerprint density at radius 3 is 2.59 bits per heavy atom. The highest BCUT2D eigenvalue weighted by Crippen LogP contribution is 2.50. The topological polar surface area (TPSA) is 185 Å². The van der Waals surface area contributed by atoms with E-state index in [9.17, 15) is 23.2 Å². The van der Waals surface area contributed by atoms with Crippen molar-refractivity contribution in [3.63, 3.8) is 0 Å². The minimum Gasteiger partial charge on any atom is -0.462 e. The Morgan fingerprint density at radius 2 is 1.95 bits per heavy atom. The normalized spacial score (nSPS) is 25.7. The Balaban J connectivity index is 1.41. The number of nitrogens with two attached hydrogens (primary N) is 1. The molecular weight excluding hydrogens is 610 g/mol. The first-order valence-corrected chi connectivity index (χ1v) is 15.4. The molecule has 1 aliphatic heterocycles. The van der Waals surface area contributed by atoms with E-state index in [1.807, 2.05) is 0 Å². The molecular formula is C26H33F3N7O7P. The van der Waals surface area contributed by atoms with E-state index in [1.54, 1.807) is 32.0 Å². The van der Waals surface area contributed by atoms with Crippen molar-refractivity contribution < 1.29 is 46.2 Å². The second-order valence-corrected chi connectivity index (χ2v) is 12.5. The van der Waals surface area contributed by atoms with Crippen LogP contribution in [0.3, 0.4) is 0 Å². The van der Waals surface area contributed by atoms with Gasteiger partial charge in [0, 0.05) is 6.04 Å². The SMILES string of the molecule is CC(C)OC(=O)[C@@H](C)N[P@@](=O)(OC[C@H]1O[C@@H](n2cnc3c(NC4CC4)nc(N)nc32)[C@@](F)(C(F)F)[C@@H]1O)Oc1ccccc1. The third kappa shape index (κ3) is 6.61. The zero-order valence-electron chi connectivity index (χ0n) is 24.0. The Kier molecular flexibility index (Phi) is 9.05. The highest BCUT2D eigenvalue weighted by molar-refractivity contribution is 7.52. The van der Waals surface area contributed by atoms with E-state index in [0.29, 0.717) is 0 Å². The molecule has 1 aliphatic carbocycles. The van der Waals surface area contributed by atoms with Crippen molar-refractivity contribution in [3.8, 4) is 5.75 Å². The molecule has 3 aromatic rings. The maximum absolute atomic E-state index is 16.2. The summed E-state index contributed by atoms with van der Waals surface area (Å²) in [5, 5.41) is 16.4. The van der Waals surface area contributed by atoms with Crippen molar-refractivity contribution >= 4 is 36.6 Å². The molecule has 1 saturated carbocycles. The lowest BCUT2D eigenvalue weighted by molar-refractivity contribution is -0.149. The van der Waals surface area contributed by atoms with Gasteiger partial charge in [-0.3, -0.25) is 13.9 Å². The van der Waals surface area contributed by atoms with E-state index in [1.165, 1.54) is 19.1 Å². The first-order chi connectivity index (χ1) is 20.8. The number of aliphatic hydroxyl groups excluding tert-OH is 1. The van der Waals surface area contributed by atoms with Crippen molar-refractivity contribution in [3.05, 3.63) is 36.7 Å². The van der Waals surface area contributed by atoms with E-state index in [0.717, 1.165) is 23.7 Å². The van der Waals surface area contributed by atoms with Gasteiger partial charge in [0.25, 0.3) is 6.43 Å². The fraction of sp³-hybridized carbons (Fsp3) is 0.538. The van der Waals surface area contributed by atoms with Crippen LogP contribution < -0.4 is 20.7 Å². The van der Waals surface area contributed by atoms with Crippen molar-refractivity contribution in [2.24, 2.45) is 0 Å². The standard InChI is InChI=1S/C26H33F3N7O7P/c1-13(2)41-22(38)14(3)35-44(39,43-16-7-5-4-6-8-16)40-11-17-19(37)26(29,23(27)28)24(42-17)36-12-31-18-20(32-15-9-10-15)33-25(30)34-21(18)36/h4-8,12-15,17,19,23-24,37H,9-11H2,1-3H3,(H,35,39)(H3,30,32,33,34)/t14-,17-,19-,24-,26+,44-/m1/s1. The summed E-state index contributed by atoms with van der Waals surface area (Å²) in [5.41, 5.74) is 2.17. The maximum Gasteiger partial charge on any atom is 0.459 e. The van der Waals surface area contributed by atoms with Gasteiger partial charge in [0.15, 0.2) is 23.2 Å². The number of benzene rings is 1. The molecule has 3 heterocycles. The number of aliphatic hydroxyl groups is 1. The number of hydrogen-bond acceptors (Lipinski definition) is 12. The van der Waals surface area contributed by atoms with Crippen molar-refractivity contribution in [2.45, 2.75) is 82.3 Å². The molecule has 0 spiro atoms. The van der Waals surface area contributed by atoms with Crippen LogP contribution in [0.15, 0.2) is 36.7 Å². The number of rotatable bonds is 13. The monoisotopic (exact) mass is 643 g/mol. The first-order valence-electron chi connectivity index (χ1n) is 13.9. The van der Waals surface area contributed by atoms with Crippen LogP contribution in [0.5, 0.6) is 5.75 Å². The van der Waals surface area contributed by atoms with Gasteiger partial charge < -0.3 is 30.2 Å². The number of alkyl halides is 3. The number of para-hydroxylation sites is 1. The number of halogens is 3. The van der Waals surface area contributed by atoms with E-state index in [-0.39, 0.29) is 34.7 Å². The summed E-state index contributed by atoms with van der Waals surface area (Å²) >= 11 is 0. The van der Waals surface area contributed by atoms with E-state index >= 15 is 4.39 Å². The molecule has 0 radical (unpaired) electrons. The molecule has 5 rings (SSSR count). The van der Waals surface area contributed by atoms with Crippen LogP contribution in [0.4, 0.5) is 24.9 Å². The molecule has 18 heteroatoms. The summed E-state index contributed by atoms with van der Waals surface area (Å²) in [6.07, 6.45) is -7.83. The van der Waals surface area contributed by atoms with Gasteiger partial charge in [-0.05, 0) is 45.7 Å². The molecule has 1 saturated heterocycles. The number of ether oxygens (including phenoxy) is 2. The van der Waals surface area contributed by atoms with E-state index in [2.05, 4.69) is 25.4 Å². The molecule has 1 aromatic carbocycles. The van der Waals surface area contributed by atoms with Gasteiger partial charge in [-0.15, -0.1) is 0 Å². The Bertz CT molecular complexity index is 1530. The average Bonchev–Trinajstić information content (AvgIpc) is 3.61. The van der Waals surface area contributed by atoms with Crippen LogP contribution in [0.2, 0.25) is 0 Å². The highest BCUT2D eigenvalue weighted by Gasteiger charge is 2.64. The zero-order chi connectivity index (χ0) is 31.8. The summed E-state index contributed by atoms with van der Waals surface area (Å²) in [5.74, 6) is -0.688. The number of nitrogen functional groups attached to an aromatic ring is 1. The van der Waals surface area contributed by atoms with E-state index in [4.69, 9.17) is 24.3 Å². The summed E-state index contributed by atoms with van der Waals surface area (Å²) in [6, 6.07) is 6.67. The number of nitrogens with one attached hydrogen (secondary N) is 2. The molecule has 2 aliphatic rings. The first kappa shape index (κ1) is 31.9. The van der Waals surface area contributed by atoms with Crippen molar-refractivity contribution in [1.29, 1.82) is 0 Å². The third-order valence-corrected chi connectivity index (χ3v) is 8.51. The number of fused-ring (bicyclic) bond motifs is 1. The van der Waals surface area contributed by atoms with Crippen LogP contribution in [0.25, 0.3) is 11.2 Å². The van der Waals surface area contributed by atoms with Crippen LogP contribution in [0.1, 0.15) is 39.8 Å². The van der Waals surface area contributed by atoms with Crippen LogP contribution >= 0.6 is 7.75 Å².